The van der Waals surface area contributed by atoms with Crippen LogP contribution in [0.25, 0.3) is 0 Å². The largest absolute Gasteiger partial charge is 0.325 e. The van der Waals surface area contributed by atoms with Gasteiger partial charge in [0.05, 0.1) is 24.2 Å². The molecule has 2 rings (SSSR count). The SMILES string of the molecule is CC(C(=O)Nc1ccc(C#N)cc1)N(C)CC(=O)Nc1cccc(F)c1. The summed E-state index contributed by atoms with van der Waals surface area (Å²) < 4.78 is 13.1. The zero-order valence-corrected chi connectivity index (χ0v) is 14.5. The highest BCUT2D eigenvalue weighted by Crippen LogP contribution is 2.11. The Bertz CT molecular complexity index is 830. The van der Waals surface area contributed by atoms with Gasteiger partial charge >= 0.3 is 0 Å². The maximum atomic E-state index is 13.1. The Kier molecular flexibility index (Phi) is 6.42. The van der Waals surface area contributed by atoms with E-state index in [1.165, 1.54) is 18.2 Å². The summed E-state index contributed by atoms with van der Waals surface area (Å²) in [5.41, 5.74) is 1.43. The lowest BCUT2D eigenvalue weighted by Crippen LogP contribution is -2.43. The average Bonchev–Trinajstić information content (AvgIpc) is 2.61. The van der Waals surface area contributed by atoms with Gasteiger partial charge in [-0.1, -0.05) is 6.07 Å². The van der Waals surface area contributed by atoms with Gasteiger partial charge in [0.15, 0.2) is 0 Å². The molecule has 1 unspecified atom stereocenters. The molecule has 0 heterocycles. The fourth-order valence-corrected chi connectivity index (χ4v) is 2.21. The summed E-state index contributed by atoms with van der Waals surface area (Å²) in [6, 6.07) is 13.5. The molecule has 7 heteroatoms. The quantitative estimate of drug-likeness (QED) is 0.835. The second kappa shape index (κ2) is 8.74. The van der Waals surface area contributed by atoms with Crippen LogP contribution in [-0.2, 0) is 9.59 Å². The number of hydrogen-bond acceptors (Lipinski definition) is 4. The fraction of sp³-hybridized carbons (Fsp3) is 0.211. The molecular formula is C19H19FN4O2. The van der Waals surface area contributed by atoms with Crippen LogP contribution in [0, 0.1) is 17.1 Å². The Morgan fingerprint density at radius 1 is 1.15 bits per heavy atom. The first kappa shape index (κ1) is 19.1. The second-order valence-electron chi connectivity index (χ2n) is 5.83. The number of likely N-dealkylation sites (N-methyl/N-ethyl adjacent to an activating group) is 1. The van der Waals surface area contributed by atoms with Crippen molar-refractivity contribution in [3.8, 4) is 6.07 Å². The van der Waals surface area contributed by atoms with E-state index < -0.39 is 11.9 Å². The van der Waals surface area contributed by atoms with Crippen LogP contribution >= 0.6 is 0 Å². The summed E-state index contributed by atoms with van der Waals surface area (Å²) in [6.45, 7) is 1.65. The number of hydrogen-bond donors (Lipinski definition) is 2. The van der Waals surface area contributed by atoms with E-state index in [0.717, 1.165) is 0 Å². The third kappa shape index (κ3) is 5.40. The predicted molar refractivity (Wildman–Crippen MR) is 96.9 cm³/mol. The first-order valence-corrected chi connectivity index (χ1v) is 7.95. The number of rotatable bonds is 6. The van der Waals surface area contributed by atoms with Crippen molar-refractivity contribution in [2.45, 2.75) is 13.0 Å². The van der Waals surface area contributed by atoms with Crippen LogP contribution in [0.2, 0.25) is 0 Å². The summed E-state index contributed by atoms with van der Waals surface area (Å²) in [6.07, 6.45) is 0. The zero-order valence-electron chi connectivity index (χ0n) is 14.5. The fourth-order valence-electron chi connectivity index (χ4n) is 2.21. The molecule has 0 spiro atoms. The van der Waals surface area contributed by atoms with E-state index in [9.17, 15) is 14.0 Å². The predicted octanol–water partition coefficient (Wildman–Crippen LogP) is 2.59. The van der Waals surface area contributed by atoms with Crippen molar-refractivity contribution >= 4 is 23.2 Å². The van der Waals surface area contributed by atoms with Crippen molar-refractivity contribution in [1.29, 1.82) is 5.26 Å². The number of halogens is 1. The number of carbonyl (C=O) groups is 2. The van der Waals surface area contributed by atoms with Gasteiger partial charge in [-0.25, -0.2) is 4.39 Å². The zero-order chi connectivity index (χ0) is 19.1. The standard InChI is InChI=1S/C19H19FN4O2/c1-13(19(26)23-16-8-6-14(11-21)7-9-16)24(2)12-18(25)22-17-5-3-4-15(20)10-17/h3-10,13H,12H2,1-2H3,(H,22,25)(H,23,26). The lowest BCUT2D eigenvalue weighted by Gasteiger charge is -2.23. The molecule has 6 nitrogen and oxygen atoms in total. The number of nitriles is 1. The summed E-state index contributed by atoms with van der Waals surface area (Å²) in [4.78, 5) is 25.9. The van der Waals surface area contributed by atoms with Crippen LogP contribution in [0.1, 0.15) is 12.5 Å². The summed E-state index contributed by atoms with van der Waals surface area (Å²) in [7, 11) is 1.65. The van der Waals surface area contributed by atoms with Crippen LogP contribution < -0.4 is 10.6 Å². The molecule has 1 atom stereocenters. The average molecular weight is 354 g/mol. The number of nitrogens with zero attached hydrogens (tertiary/aromatic N) is 2. The molecule has 2 N–H and O–H groups in total. The smallest absolute Gasteiger partial charge is 0.241 e. The monoisotopic (exact) mass is 354 g/mol. The highest BCUT2D eigenvalue weighted by molar-refractivity contribution is 5.96. The Balaban J connectivity index is 1.88. The van der Waals surface area contributed by atoms with Crippen molar-refractivity contribution in [3.05, 3.63) is 59.9 Å². The Morgan fingerprint density at radius 2 is 1.85 bits per heavy atom. The minimum Gasteiger partial charge on any atom is -0.325 e. The topological polar surface area (TPSA) is 85.2 Å². The van der Waals surface area contributed by atoms with Crippen LogP contribution in [0.5, 0.6) is 0 Å². The molecule has 0 aliphatic carbocycles. The second-order valence-corrected chi connectivity index (χ2v) is 5.83. The summed E-state index contributed by atoms with van der Waals surface area (Å²) in [5.74, 6) is -1.07. The highest BCUT2D eigenvalue weighted by Gasteiger charge is 2.20. The molecular weight excluding hydrogens is 335 g/mol. The molecule has 2 aromatic carbocycles. The third-order valence-electron chi connectivity index (χ3n) is 3.82. The molecule has 0 aromatic heterocycles. The Labute approximate surface area is 151 Å². The van der Waals surface area contributed by atoms with Crippen LogP contribution in [0.15, 0.2) is 48.5 Å². The van der Waals surface area contributed by atoms with Crippen molar-refractivity contribution in [3.63, 3.8) is 0 Å². The molecule has 134 valence electrons. The van der Waals surface area contributed by atoms with Gasteiger partial charge in [0.25, 0.3) is 0 Å². The molecule has 26 heavy (non-hydrogen) atoms. The van der Waals surface area contributed by atoms with Crippen molar-refractivity contribution in [1.82, 2.24) is 4.90 Å². The lowest BCUT2D eigenvalue weighted by atomic mass is 10.2. The molecule has 0 radical (unpaired) electrons. The van der Waals surface area contributed by atoms with E-state index in [2.05, 4.69) is 10.6 Å². The Hall–Kier alpha value is -3.24. The normalized spacial score (nSPS) is 11.5. The molecule has 0 saturated heterocycles. The van der Waals surface area contributed by atoms with Crippen molar-refractivity contribution in [2.75, 3.05) is 24.2 Å². The third-order valence-corrected chi connectivity index (χ3v) is 3.82. The number of amides is 2. The maximum Gasteiger partial charge on any atom is 0.241 e. The van der Waals surface area contributed by atoms with Crippen LogP contribution in [-0.4, -0.2) is 36.3 Å². The maximum absolute atomic E-state index is 13.1. The molecule has 0 saturated carbocycles. The molecule has 2 aromatic rings. The summed E-state index contributed by atoms with van der Waals surface area (Å²) in [5, 5.41) is 14.1. The van der Waals surface area contributed by atoms with Crippen LogP contribution in [0.4, 0.5) is 15.8 Å². The van der Waals surface area contributed by atoms with Gasteiger partial charge in [0, 0.05) is 11.4 Å². The molecule has 2 amide bonds. The van der Waals surface area contributed by atoms with Gasteiger partial charge in [-0.15, -0.1) is 0 Å². The van der Waals surface area contributed by atoms with Crippen molar-refractivity contribution in [2.24, 2.45) is 0 Å². The van der Waals surface area contributed by atoms with Gasteiger partial charge in [0.2, 0.25) is 11.8 Å². The van der Waals surface area contributed by atoms with Gasteiger partial charge in [-0.2, -0.15) is 5.26 Å². The molecule has 0 fully saturated rings. The number of nitrogens with one attached hydrogen (secondary N) is 2. The van der Waals surface area contributed by atoms with E-state index in [0.29, 0.717) is 16.9 Å². The first-order valence-electron chi connectivity index (χ1n) is 7.95. The van der Waals surface area contributed by atoms with E-state index >= 15 is 0 Å². The van der Waals surface area contributed by atoms with Gasteiger partial charge < -0.3 is 10.6 Å². The molecule has 0 bridgehead atoms. The number of benzene rings is 2. The van der Waals surface area contributed by atoms with E-state index in [-0.39, 0.29) is 18.4 Å². The van der Waals surface area contributed by atoms with Gasteiger partial charge in [-0.3, -0.25) is 14.5 Å². The number of anilines is 2. The van der Waals surface area contributed by atoms with E-state index in [4.69, 9.17) is 5.26 Å². The van der Waals surface area contributed by atoms with Crippen molar-refractivity contribution < 1.29 is 14.0 Å². The highest BCUT2D eigenvalue weighted by atomic mass is 19.1. The minimum absolute atomic E-state index is 0.0293. The number of carbonyl (C=O) groups excluding carboxylic acids is 2. The summed E-state index contributed by atoms with van der Waals surface area (Å²) >= 11 is 0. The Morgan fingerprint density at radius 3 is 2.46 bits per heavy atom. The van der Waals surface area contributed by atoms with Gasteiger partial charge in [0.1, 0.15) is 5.82 Å². The van der Waals surface area contributed by atoms with E-state index in [1.54, 1.807) is 49.2 Å². The minimum atomic E-state index is -0.566. The van der Waals surface area contributed by atoms with Crippen LogP contribution in [0.3, 0.4) is 0 Å². The molecule has 0 aliphatic heterocycles. The first-order chi connectivity index (χ1) is 12.4. The molecule has 0 aliphatic rings. The lowest BCUT2D eigenvalue weighted by molar-refractivity contribution is -0.122. The van der Waals surface area contributed by atoms with E-state index in [1.807, 2.05) is 6.07 Å². The van der Waals surface area contributed by atoms with Gasteiger partial charge in [-0.05, 0) is 56.4 Å².